The Balaban J connectivity index is 1.85. The summed E-state index contributed by atoms with van der Waals surface area (Å²) in [7, 11) is 1.68. The minimum Gasteiger partial charge on any atom is -0.389 e. The molecule has 2 rings (SSSR count). The Kier molecular flexibility index (Phi) is 6.02. The van der Waals surface area contributed by atoms with Crippen molar-refractivity contribution in [1.82, 2.24) is 4.98 Å². The largest absolute Gasteiger partial charge is 0.389 e. The maximum atomic E-state index is 11.0. The van der Waals surface area contributed by atoms with Gasteiger partial charge in [-0.05, 0) is 11.6 Å². The van der Waals surface area contributed by atoms with E-state index in [1.54, 1.807) is 18.0 Å². The fourth-order valence-electron chi connectivity index (χ4n) is 2.20. The van der Waals surface area contributed by atoms with Crippen LogP contribution < -0.4 is 4.90 Å². The van der Waals surface area contributed by atoms with Crippen LogP contribution in [0.5, 0.6) is 0 Å². The van der Waals surface area contributed by atoms with E-state index in [1.165, 1.54) is 12.4 Å². The standard InChI is InChI=1S/C16H19N3O4/c1-18(15-7-8-17-9-16(15)19(21)22)10-14(20)12-23-11-13-5-3-2-4-6-13/h2-9,14,20H,10-12H2,1H3. The molecule has 1 heterocycles. The van der Waals surface area contributed by atoms with Gasteiger partial charge in [-0.15, -0.1) is 0 Å². The molecule has 0 saturated carbocycles. The smallest absolute Gasteiger partial charge is 0.310 e. The van der Waals surface area contributed by atoms with Gasteiger partial charge in [-0.25, -0.2) is 0 Å². The van der Waals surface area contributed by atoms with Crippen LogP contribution in [0.2, 0.25) is 0 Å². The number of rotatable bonds is 8. The fraction of sp³-hybridized carbons (Fsp3) is 0.312. The van der Waals surface area contributed by atoms with Crippen LogP contribution in [0, 0.1) is 10.1 Å². The maximum Gasteiger partial charge on any atom is 0.310 e. The van der Waals surface area contributed by atoms with E-state index in [-0.39, 0.29) is 18.8 Å². The Bertz CT molecular complexity index is 636. The third-order valence-electron chi connectivity index (χ3n) is 3.29. The normalized spacial score (nSPS) is 11.9. The number of aliphatic hydroxyl groups is 1. The van der Waals surface area contributed by atoms with Gasteiger partial charge in [-0.3, -0.25) is 15.1 Å². The molecule has 1 aromatic carbocycles. The van der Waals surface area contributed by atoms with Crippen molar-refractivity contribution in [2.45, 2.75) is 12.7 Å². The lowest BCUT2D eigenvalue weighted by atomic mass is 10.2. The molecule has 1 N–H and O–H groups in total. The number of hydrogen-bond donors (Lipinski definition) is 1. The summed E-state index contributed by atoms with van der Waals surface area (Å²) in [6, 6.07) is 11.2. The van der Waals surface area contributed by atoms with Crippen molar-refractivity contribution < 1.29 is 14.8 Å². The van der Waals surface area contributed by atoms with Crippen LogP contribution in [0.25, 0.3) is 0 Å². The molecule has 7 heteroatoms. The maximum absolute atomic E-state index is 11.0. The summed E-state index contributed by atoms with van der Waals surface area (Å²) >= 11 is 0. The molecule has 0 bridgehead atoms. The first kappa shape index (κ1) is 16.9. The van der Waals surface area contributed by atoms with Gasteiger partial charge in [0.2, 0.25) is 0 Å². The number of pyridine rings is 1. The number of aromatic nitrogens is 1. The zero-order valence-corrected chi connectivity index (χ0v) is 12.8. The number of nitro groups is 1. The lowest BCUT2D eigenvalue weighted by Crippen LogP contribution is -2.32. The first-order chi connectivity index (χ1) is 11.1. The fourth-order valence-corrected chi connectivity index (χ4v) is 2.20. The molecule has 122 valence electrons. The molecule has 0 radical (unpaired) electrons. The van der Waals surface area contributed by atoms with Crippen molar-refractivity contribution >= 4 is 11.4 Å². The van der Waals surface area contributed by atoms with Crippen LogP contribution in [0.1, 0.15) is 5.56 Å². The molecule has 1 aromatic heterocycles. The number of likely N-dealkylation sites (N-methyl/N-ethyl adjacent to an activating group) is 1. The second kappa shape index (κ2) is 8.21. The van der Waals surface area contributed by atoms with Crippen molar-refractivity contribution in [3.63, 3.8) is 0 Å². The first-order valence-electron chi connectivity index (χ1n) is 7.17. The molecular formula is C16H19N3O4. The number of ether oxygens (including phenoxy) is 1. The number of hydrogen-bond acceptors (Lipinski definition) is 6. The molecule has 0 aliphatic heterocycles. The van der Waals surface area contributed by atoms with Crippen LogP contribution >= 0.6 is 0 Å². The van der Waals surface area contributed by atoms with Crippen molar-refractivity contribution in [2.24, 2.45) is 0 Å². The van der Waals surface area contributed by atoms with Gasteiger partial charge in [-0.1, -0.05) is 30.3 Å². The summed E-state index contributed by atoms with van der Waals surface area (Å²) in [5.74, 6) is 0. The summed E-state index contributed by atoms with van der Waals surface area (Å²) in [5.41, 5.74) is 1.34. The third kappa shape index (κ3) is 5.01. The minimum absolute atomic E-state index is 0.0904. The SMILES string of the molecule is CN(CC(O)COCc1ccccc1)c1ccncc1[N+](=O)[O-]. The number of nitrogens with zero attached hydrogens (tertiary/aromatic N) is 3. The van der Waals surface area contributed by atoms with E-state index in [1.807, 2.05) is 30.3 Å². The van der Waals surface area contributed by atoms with E-state index in [4.69, 9.17) is 4.74 Å². The summed E-state index contributed by atoms with van der Waals surface area (Å²) in [5, 5.41) is 21.0. The summed E-state index contributed by atoms with van der Waals surface area (Å²) in [6.07, 6.45) is 1.93. The first-order valence-corrected chi connectivity index (χ1v) is 7.17. The number of benzene rings is 1. The van der Waals surface area contributed by atoms with Crippen LogP contribution in [0.15, 0.2) is 48.8 Å². The van der Waals surface area contributed by atoms with Gasteiger partial charge in [0.15, 0.2) is 0 Å². The van der Waals surface area contributed by atoms with Gasteiger partial charge in [-0.2, -0.15) is 0 Å². The average Bonchev–Trinajstić information content (AvgIpc) is 2.55. The second-order valence-corrected chi connectivity index (χ2v) is 5.16. The summed E-state index contributed by atoms with van der Waals surface area (Å²) in [6.45, 7) is 0.786. The van der Waals surface area contributed by atoms with Gasteiger partial charge in [0.1, 0.15) is 11.9 Å². The van der Waals surface area contributed by atoms with Gasteiger partial charge in [0.05, 0.1) is 24.2 Å². The lowest BCUT2D eigenvalue weighted by Gasteiger charge is -2.22. The Labute approximate surface area is 134 Å². The van der Waals surface area contributed by atoms with Gasteiger partial charge in [0.25, 0.3) is 0 Å². The van der Waals surface area contributed by atoms with E-state index in [0.717, 1.165) is 5.56 Å². The highest BCUT2D eigenvalue weighted by molar-refractivity contribution is 5.61. The molecule has 1 atom stereocenters. The van der Waals surface area contributed by atoms with Crippen molar-refractivity contribution in [3.05, 3.63) is 64.5 Å². The Morgan fingerprint density at radius 1 is 1.35 bits per heavy atom. The second-order valence-electron chi connectivity index (χ2n) is 5.16. The van der Waals surface area contributed by atoms with E-state index in [9.17, 15) is 15.2 Å². The Morgan fingerprint density at radius 2 is 2.09 bits per heavy atom. The molecule has 0 fully saturated rings. The number of anilines is 1. The molecule has 23 heavy (non-hydrogen) atoms. The lowest BCUT2D eigenvalue weighted by molar-refractivity contribution is -0.384. The van der Waals surface area contributed by atoms with E-state index in [2.05, 4.69) is 4.98 Å². The highest BCUT2D eigenvalue weighted by Crippen LogP contribution is 2.25. The van der Waals surface area contributed by atoms with E-state index < -0.39 is 11.0 Å². The Morgan fingerprint density at radius 3 is 2.78 bits per heavy atom. The molecule has 0 aliphatic rings. The molecular weight excluding hydrogens is 298 g/mol. The van der Waals surface area contributed by atoms with E-state index >= 15 is 0 Å². The zero-order chi connectivity index (χ0) is 16.7. The summed E-state index contributed by atoms with van der Waals surface area (Å²) in [4.78, 5) is 15.9. The van der Waals surface area contributed by atoms with Crippen molar-refractivity contribution in [1.29, 1.82) is 0 Å². The van der Waals surface area contributed by atoms with Crippen LogP contribution in [0.3, 0.4) is 0 Å². The molecule has 7 nitrogen and oxygen atoms in total. The van der Waals surface area contributed by atoms with Gasteiger partial charge >= 0.3 is 5.69 Å². The average molecular weight is 317 g/mol. The summed E-state index contributed by atoms with van der Waals surface area (Å²) < 4.78 is 5.47. The highest BCUT2D eigenvalue weighted by Gasteiger charge is 2.18. The predicted octanol–water partition coefficient (Wildman–Crippen LogP) is 2.00. The topological polar surface area (TPSA) is 88.7 Å². The predicted molar refractivity (Wildman–Crippen MR) is 86.3 cm³/mol. The van der Waals surface area contributed by atoms with Crippen molar-refractivity contribution in [2.75, 3.05) is 25.1 Å². The molecule has 0 spiro atoms. The third-order valence-corrected chi connectivity index (χ3v) is 3.29. The zero-order valence-electron chi connectivity index (χ0n) is 12.8. The quantitative estimate of drug-likeness (QED) is 0.592. The minimum atomic E-state index is -0.753. The highest BCUT2D eigenvalue weighted by atomic mass is 16.6. The van der Waals surface area contributed by atoms with Crippen LogP contribution in [-0.4, -0.2) is 41.3 Å². The van der Waals surface area contributed by atoms with Crippen LogP contribution in [-0.2, 0) is 11.3 Å². The Hall–Kier alpha value is -2.51. The van der Waals surface area contributed by atoms with Crippen LogP contribution in [0.4, 0.5) is 11.4 Å². The molecule has 2 aromatic rings. The van der Waals surface area contributed by atoms with Gasteiger partial charge < -0.3 is 14.7 Å². The van der Waals surface area contributed by atoms with Gasteiger partial charge in [0, 0.05) is 19.8 Å². The molecule has 0 aliphatic carbocycles. The van der Waals surface area contributed by atoms with Crippen molar-refractivity contribution in [3.8, 4) is 0 Å². The molecule has 1 unspecified atom stereocenters. The number of aliphatic hydroxyl groups excluding tert-OH is 1. The van der Waals surface area contributed by atoms with E-state index in [0.29, 0.717) is 12.3 Å². The molecule has 0 amide bonds. The molecule has 0 saturated heterocycles. The monoisotopic (exact) mass is 317 g/mol.